The largest absolute Gasteiger partial charge is 0.467 e. The van der Waals surface area contributed by atoms with Crippen molar-refractivity contribution in [1.82, 2.24) is 0 Å². The van der Waals surface area contributed by atoms with Gasteiger partial charge >= 0.3 is 5.69 Å². The normalized spacial score (nSPS) is 14.3. The number of nitrogens with two attached hydrogens (primary N) is 1. The van der Waals surface area contributed by atoms with Crippen molar-refractivity contribution in [2.45, 2.75) is 6.61 Å². The highest BCUT2D eigenvalue weighted by Gasteiger charge is 2.24. The van der Waals surface area contributed by atoms with Gasteiger partial charge in [-0.1, -0.05) is 0 Å². The van der Waals surface area contributed by atoms with Crippen molar-refractivity contribution in [2.75, 3.05) is 12.5 Å². The highest BCUT2D eigenvalue weighted by atomic mass is 16.7. The van der Waals surface area contributed by atoms with Crippen LogP contribution >= 0.6 is 0 Å². The Hall–Kier alpha value is -1.82. The van der Waals surface area contributed by atoms with Gasteiger partial charge in [0.05, 0.1) is 17.1 Å². The molecule has 2 rings (SSSR count). The number of nitrogen functional groups attached to an aromatic ring is 1. The number of fused-ring (bicyclic) bond motifs is 1. The van der Waals surface area contributed by atoms with Crippen molar-refractivity contribution in [2.24, 2.45) is 0 Å². The Balaban J connectivity index is 2.60. The number of nitro groups is 1. The van der Waals surface area contributed by atoms with E-state index in [0.29, 0.717) is 11.3 Å². The molecule has 2 N–H and O–H groups in total. The van der Waals surface area contributed by atoms with E-state index in [0.717, 1.165) is 0 Å². The second-order valence-corrected chi connectivity index (χ2v) is 2.85. The molecule has 0 aliphatic carbocycles. The van der Waals surface area contributed by atoms with Crippen molar-refractivity contribution in [1.29, 1.82) is 0 Å². The van der Waals surface area contributed by atoms with Crippen LogP contribution in [0.4, 0.5) is 11.4 Å². The summed E-state index contributed by atoms with van der Waals surface area (Å²) in [4.78, 5) is 10.2. The van der Waals surface area contributed by atoms with E-state index in [1.54, 1.807) is 6.07 Å². The molecule has 0 atom stereocenters. The van der Waals surface area contributed by atoms with E-state index in [1.807, 2.05) is 0 Å². The third-order valence-corrected chi connectivity index (χ3v) is 2.00. The van der Waals surface area contributed by atoms with Crippen molar-refractivity contribution < 1.29 is 14.4 Å². The van der Waals surface area contributed by atoms with Gasteiger partial charge in [0.15, 0.2) is 6.79 Å². The van der Waals surface area contributed by atoms with Crippen LogP contribution in [0.1, 0.15) is 5.56 Å². The van der Waals surface area contributed by atoms with Crippen LogP contribution in [-0.2, 0) is 11.3 Å². The molecule has 0 saturated heterocycles. The number of hydrogen-bond donors (Lipinski definition) is 1. The minimum absolute atomic E-state index is 0.119. The quantitative estimate of drug-likeness (QED) is 0.412. The Morgan fingerprint density at radius 3 is 3.00 bits per heavy atom. The van der Waals surface area contributed by atoms with Gasteiger partial charge in [0, 0.05) is 0 Å². The molecule has 1 aromatic rings. The van der Waals surface area contributed by atoms with E-state index >= 15 is 0 Å². The average Bonchev–Trinajstić information content (AvgIpc) is 2.17. The van der Waals surface area contributed by atoms with Gasteiger partial charge in [0.1, 0.15) is 11.4 Å². The number of rotatable bonds is 1. The average molecular weight is 196 g/mol. The summed E-state index contributed by atoms with van der Waals surface area (Å²) >= 11 is 0. The van der Waals surface area contributed by atoms with Crippen molar-refractivity contribution in [3.05, 3.63) is 27.8 Å². The third-order valence-electron chi connectivity index (χ3n) is 2.00. The monoisotopic (exact) mass is 196 g/mol. The number of hydrogen-bond acceptors (Lipinski definition) is 5. The molecule has 1 aliphatic heterocycles. The van der Waals surface area contributed by atoms with Gasteiger partial charge in [-0.15, -0.1) is 0 Å². The maximum atomic E-state index is 10.7. The van der Waals surface area contributed by atoms with Gasteiger partial charge < -0.3 is 15.2 Å². The molecule has 0 fully saturated rings. The molecule has 0 saturated carbocycles. The lowest BCUT2D eigenvalue weighted by atomic mass is 10.1. The lowest BCUT2D eigenvalue weighted by Crippen LogP contribution is -2.13. The van der Waals surface area contributed by atoms with E-state index in [1.165, 1.54) is 6.07 Å². The highest BCUT2D eigenvalue weighted by molar-refractivity contribution is 5.66. The molecule has 1 aromatic carbocycles. The molecule has 0 spiro atoms. The van der Waals surface area contributed by atoms with E-state index < -0.39 is 4.92 Å². The fourth-order valence-electron chi connectivity index (χ4n) is 1.38. The topological polar surface area (TPSA) is 87.6 Å². The van der Waals surface area contributed by atoms with Crippen molar-refractivity contribution >= 4 is 11.4 Å². The summed E-state index contributed by atoms with van der Waals surface area (Å²) in [5.41, 5.74) is 5.90. The minimum Gasteiger partial charge on any atom is -0.467 e. The van der Waals surface area contributed by atoms with Gasteiger partial charge in [0.2, 0.25) is 0 Å². The summed E-state index contributed by atoms with van der Waals surface area (Å²) in [6.45, 7) is 0.282. The van der Waals surface area contributed by atoms with Gasteiger partial charge in [-0.25, -0.2) is 0 Å². The molecule has 0 radical (unpaired) electrons. The van der Waals surface area contributed by atoms with Crippen molar-refractivity contribution in [3.63, 3.8) is 0 Å². The summed E-state index contributed by atoms with van der Waals surface area (Å²) in [5.74, 6) is 0.470. The number of nitrogens with zero attached hydrogens (tertiary/aromatic N) is 1. The number of anilines is 1. The first kappa shape index (κ1) is 8.76. The molecule has 1 heterocycles. The Morgan fingerprint density at radius 1 is 1.50 bits per heavy atom. The predicted molar refractivity (Wildman–Crippen MR) is 47.8 cm³/mol. The Morgan fingerprint density at radius 2 is 2.29 bits per heavy atom. The van der Waals surface area contributed by atoms with Crippen LogP contribution < -0.4 is 10.5 Å². The summed E-state index contributed by atoms with van der Waals surface area (Å²) in [7, 11) is 0. The molecule has 6 heteroatoms. The second kappa shape index (κ2) is 3.15. The van der Waals surface area contributed by atoms with Crippen LogP contribution in [0.3, 0.4) is 0 Å². The van der Waals surface area contributed by atoms with E-state index in [9.17, 15) is 10.1 Å². The standard InChI is InChI=1S/C8H8N2O4/c9-6-1-2-7-5(3-13-4-14-7)8(6)10(11)12/h1-2H,3-4,9H2. The summed E-state index contributed by atoms with van der Waals surface area (Å²) in [6, 6.07) is 3.07. The summed E-state index contributed by atoms with van der Waals surface area (Å²) in [5, 5.41) is 10.7. The van der Waals surface area contributed by atoms with Crippen LogP contribution in [-0.4, -0.2) is 11.7 Å². The molecule has 14 heavy (non-hydrogen) atoms. The number of nitro benzene ring substituents is 1. The van der Waals surface area contributed by atoms with E-state index in [4.69, 9.17) is 15.2 Å². The van der Waals surface area contributed by atoms with Crippen LogP contribution in [0.2, 0.25) is 0 Å². The molecule has 74 valence electrons. The lowest BCUT2D eigenvalue weighted by molar-refractivity contribution is -0.385. The molecule has 1 aliphatic rings. The van der Waals surface area contributed by atoms with E-state index in [-0.39, 0.29) is 24.8 Å². The molecule has 0 unspecified atom stereocenters. The lowest BCUT2D eigenvalue weighted by Gasteiger charge is -2.17. The SMILES string of the molecule is Nc1ccc2c(c1[N+](=O)[O-])COCO2. The summed E-state index contributed by atoms with van der Waals surface area (Å²) in [6.07, 6.45) is 0. The zero-order valence-electron chi connectivity index (χ0n) is 7.23. The Bertz CT molecular complexity index is 391. The fourth-order valence-corrected chi connectivity index (χ4v) is 1.38. The third kappa shape index (κ3) is 1.25. The molecule has 6 nitrogen and oxygen atoms in total. The van der Waals surface area contributed by atoms with Crippen LogP contribution in [0, 0.1) is 10.1 Å². The van der Waals surface area contributed by atoms with E-state index in [2.05, 4.69) is 0 Å². The Kier molecular flexibility index (Phi) is 1.97. The van der Waals surface area contributed by atoms with Crippen molar-refractivity contribution in [3.8, 4) is 5.75 Å². The first-order chi connectivity index (χ1) is 6.70. The first-order valence-corrected chi connectivity index (χ1v) is 3.96. The maximum Gasteiger partial charge on any atom is 0.301 e. The van der Waals surface area contributed by atoms with Gasteiger partial charge in [0.25, 0.3) is 0 Å². The smallest absolute Gasteiger partial charge is 0.301 e. The number of ether oxygens (including phenoxy) is 2. The second-order valence-electron chi connectivity index (χ2n) is 2.85. The van der Waals surface area contributed by atoms with Gasteiger partial charge in [-0.05, 0) is 12.1 Å². The zero-order chi connectivity index (χ0) is 10.1. The fraction of sp³-hybridized carbons (Fsp3) is 0.250. The molecule has 0 bridgehead atoms. The van der Waals surface area contributed by atoms with Gasteiger partial charge in [-0.3, -0.25) is 10.1 Å². The predicted octanol–water partition coefficient (Wildman–Crippen LogP) is 1.04. The highest BCUT2D eigenvalue weighted by Crippen LogP contribution is 2.36. The molecular formula is C8H8N2O4. The van der Waals surface area contributed by atoms with Crippen LogP contribution in [0.25, 0.3) is 0 Å². The Labute approximate surface area is 79.4 Å². The molecule has 0 amide bonds. The summed E-state index contributed by atoms with van der Waals surface area (Å²) < 4.78 is 10.0. The van der Waals surface area contributed by atoms with Crippen LogP contribution in [0.5, 0.6) is 5.75 Å². The molecular weight excluding hydrogens is 188 g/mol. The minimum atomic E-state index is -0.522. The van der Waals surface area contributed by atoms with Crippen LogP contribution in [0.15, 0.2) is 12.1 Å². The zero-order valence-corrected chi connectivity index (χ0v) is 7.23. The first-order valence-electron chi connectivity index (χ1n) is 3.96. The molecule has 0 aromatic heterocycles. The van der Waals surface area contributed by atoms with Gasteiger partial charge in [-0.2, -0.15) is 0 Å². The maximum absolute atomic E-state index is 10.7. The number of benzene rings is 1.